The Bertz CT molecular complexity index is 821. The van der Waals surface area contributed by atoms with Gasteiger partial charge in [-0.2, -0.15) is 0 Å². The molecule has 0 atom stereocenters. The number of carbonyl (C=O) groups excluding carboxylic acids is 2. The predicted octanol–water partition coefficient (Wildman–Crippen LogP) is 5.42. The van der Waals surface area contributed by atoms with Gasteiger partial charge in [-0.3, -0.25) is 9.59 Å². The second kappa shape index (κ2) is 10.3. The third-order valence-electron chi connectivity index (χ3n) is 5.91. The standard InChI is InChI=1S/C24H28Cl2N2O2/c1-27(15-19-7-3-5-9-21(19)25)23(29)17-11-13-18(14-12-17)24(30)28(2)16-20-8-4-6-10-22(20)26/h3-10,17-18H,11-16H2,1-2H3. The lowest BCUT2D eigenvalue weighted by Crippen LogP contribution is -2.38. The summed E-state index contributed by atoms with van der Waals surface area (Å²) >= 11 is 12.4. The van der Waals surface area contributed by atoms with Crippen LogP contribution in [0.4, 0.5) is 0 Å². The molecule has 1 fully saturated rings. The summed E-state index contributed by atoms with van der Waals surface area (Å²) < 4.78 is 0. The van der Waals surface area contributed by atoms with Crippen LogP contribution in [0.1, 0.15) is 36.8 Å². The molecule has 160 valence electrons. The fourth-order valence-corrected chi connectivity index (χ4v) is 4.52. The van der Waals surface area contributed by atoms with Crippen LogP contribution in [-0.4, -0.2) is 35.7 Å². The van der Waals surface area contributed by atoms with Crippen LogP contribution in [0.3, 0.4) is 0 Å². The molecule has 0 bridgehead atoms. The maximum absolute atomic E-state index is 12.9. The van der Waals surface area contributed by atoms with Gasteiger partial charge in [0.25, 0.3) is 0 Å². The first-order valence-electron chi connectivity index (χ1n) is 10.3. The average Bonchev–Trinajstić information content (AvgIpc) is 2.76. The normalized spacial score (nSPS) is 18.7. The van der Waals surface area contributed by atoms with Crippen molar-refractivity contribution >= 4 is 35.0 Å². The number of rotatable bonds is 6. The van der Waals surface area contributed by atoms with Crippen molar-refractivity contribution in [1.82, 2.24) is 9.80 Å². The minimum absolute atomic E-state index is 0.0320. The van der Waals surface area contributed by atoms with Crippen molar-refractivity contribution in [3.05, 3.63) is 69.7 Å². The zero-order valence-corrected chi connectivity index (χ0v) is 19.0. The molecule has 2 aromatic rings. The molecule has 30 heavy (non-hydrogen) atoms. The van der Waals surface area contributed by atoms with E-state index < -0.39 is 0 Å². The lowest BCUT2D eigenvalue weighted by atomic mass is 9.80. The van der Waals surface area contributed by atoms with Crippen molar-refractivity contribution in [2.45, 2.75) is 38.8 Å². The Morgan fingerprint density at radius 1 is 0.733 bits per heavy atom. The number of amides is 2. The second-order valence-electron chi connectivity index (χ2n) is 8.12. The summed E-state index contributed by atoms with van der Waals surface area (Å²) in [7, 11) is 3.64. The van der Waals surface area contributed by atoms with Crippen LogP contribution in [0.25, 0.3) is 0 Å². The maximum atomic E-state index is 12.9. The molecule has 2 amide bonds. The number of hydrogen-bond acceptors (Lipinski definition) is 2. The highest BCUT2D eigenvalue weighted by Crippen LogP contribution is 2.32. The molecule has 6 heteroatoms. The molecule has 4 nitrogen and oxygen atoms in total. The topological polar surface area (TPSA) is 40.6 Å². The van der Waals surface area contributed by atoms with Crippen molar-refractivity contribution in [1.29, 1.82) is 0 Å². The summed E-state index contributed by atoms with van der Waals surface area (Å²) in [6, 6.07) is 15.2. The van der Waals surface area contributed by atoms with E-state index in [4.69, 9.17) is 23.2 Å². The van der Waals surface area contributed by atoms with Gasteiger partial charge < -0.3 is 9.80 Å². The molecule has 0 spiro atoms. The van der Waals surface area contributed by atoms with Crippen LogP contribution in [0.15, 0.2) is 48.5 Å². The Balaban J connectivity index is 1.51. The Labute approximate surface area is 188 Å². The van der Waals surface area contributed by atoms with E-state index in [1.807, 2.05) is 62.6 Å². The zero-order chi connectivity index (χ0) is 21.7. The summed E-state index contributed by atoms with van der Waals surface area (Å²) in [6.45, 7) is 0.996. The lowest BCUT2D eigenvalue weighted by molar-refractivity contribution is -0.140. The Kier molecular flexibility index (Phi) is 7.79. The van der Waals surface area contributed by atoms with Gasteiger partial charge in [0, 0.05) is 49.1 Å². The summed E-state index contributed by atoms with van der Waals surface area (Å²) in [5.74, 6) is 0.196. The highest BCUT2D eigenvalue weighted by molar-refractivity contribution is 6.31. The minimum atomic E-state index is -0.0320. The summed E-state index contributed by atoms with van der Waals surface area (Å²) in [6.07, 6.45) is 2.95. The fourth-order valence-electron chi connectivity index (χ4n) is 4.13. The highest BCUT2D eigenvalue weighted by Gasteiger charge is 2.32. The molecule has 0 heterocycles. The van der Waals surface area contributed by atoms with Crippen LogP contribution in [0.5, 0.6) is 0 Å². The third kappa shape index (κ3) is 5.55. The molecule has 0 aliphatic heterocycles. The van der Waals surface area contributed by atoms with Gasteiger partial charge in [-0.15, -0.1) is 0 Å². The first-order chi connectivity index (χ1) is 14.4. The molecule has 1 aliphatic carbocycles. The van der Waals surface area contributed by atoms with E-state index in [1.54, 1.807) is 9.80 Å². The highest BCUT2D eigenvalue weighted by atomic mass is 35.5. The zero-order valence-electron chi connectivity index (χ0n) is 17.5. The van der Waals surface area contributed by atoms with E-state index in [1.165, 1.54) is 0 Å². The smallest absolute Gasteiger partial charge is 0.225 e. The van der Waals surface area contributed by atoms with Crippen molar-refractivity contribution in [2.75, 3.05) is 14.1 Å². The van der Waals surface area contributed by atoms with E-state index in [-0.39, 0.29) is 23.7 Å². The van der Waals surface area contributed by atoms with Crippen molar-refractivity contribution in [2.24, 2.45) is 11.8 Å². The van der Waals surface area contributed by atoms with Gasteiger partial charge in [-0.1, -0.05) is 59.6 Å². The molecule has 0 unspecified atom stereocenters. The molecular weight excluding hydrogens is 419 g/mol. The van der Waals surface area contributed by atoms with E-state index in [0.717, 1.165) is 36.8 Å². The third-order valence-corrected chi connectivity index (χ3v) is 6.65. The van der Waals surface area contributed by atoms with Gasteiger partial charge in [0.1, 0.15) is 0 Å². The Morgan fingerprint density at radius 3 is 1.40 bits per heavy atom. The number of carbonyl (C=O) groups is 2. The van der Waals surface area contributed by atoms with E-state index >= 15 is 0 Å². The summed E-state index contributed by atoms with van der Waals surface area (Å²) in [5.41, 5.74) is 1.89. The van der Waals surface area contributed by atoms with Crippen LogP contribution in [-0.2, 0) is 22.7 Å². The minimum Gasteiger partial charge on any atom is -0.341 e. The molecular formula is C24H28Cl2N2O2. The van der Waals surface area contributed by atoms with Crippen LogP contribution in [0, 0.1) is 11.8 Å². The van der Waals surface area contributed by atoms with Crippen molar-refractivity contribution < 1.29 is 9.59 Å². The van der Waals surface area contributed by atoms with E-state index in [0.29, 0.717) is 23.1 Å². The van der Waals surface area contributed by atoms with Crippen molar-refractivity contribution in [3.8, 4) is 0 Å². The molecule has 1 aliphatic rings. The fraction of sp³-hybridized carbons (Fsp3) is 0.417. The van der Waals surface area contributed by atoms with Gasteiger partial charge in [0.2, 0.25) is 11.8 Å². The van der Waals surface area contributed by atoms with E-state index in [9.17, 15) is 9.59 Å². The number of halogens is 2. The van der Waals surface area contributed by atoms with Gasteiger partial charge in [0.05, 0.1) is 0 Å². The van der Waals surface area contributed by atoms with Gasteiger partial charge >= 0.3 is 0 Å². The largest absolute Gasteiger partial charge is 0.341 e. The maximum Gasteiger partial charge on any atom is 0.225 e. The number of hydrogen-bond donors (Lipinski definition) is 0. The SMILES string of the molecule is CN(Cc1ccccc1Cl)C(=O)C1CCC(C(=O)N(C)Cc2ccccc2Cl)CC1. The van der Waals surface area contributed by atoms with Gasteiger partial charge in [-0.05, 0) is 48.9 Å². The molecule has 2 aromatic carbocycles. The Hall–Kier alpha value is -2.04. The molecule has 3 rings (SSSR count). The molecule has 0 saturated heterocycles. The quantitative estimate of drug-likeness (QED) is 0.594. The van der Waals surface area contributed by atoms with Gasteiger partial charge in [-0.25, -0.2) is 0 Å². The number of nitrogens with zero attached hydrogens (tertiary/aromatic N) is 2. The van der Waals surface area contributed by atoms with Crippen LogP contribution >= 0.6 is 23.2 Å². The molecule has 0 N–H and O–H groups in total. The van der Waals surface area contributed by atoms with Crippen molar-refractivity contribution in [3.63, 3.8) is 0 Å². The predicted molar refractivity (Wildman–Crippen MR) is 121 cm³/mol. The van der Waals surface area contributed by atoms with E-state index in [2.05, 4.69) is 0 Å². The van der Waals surface area contributed by atoms with Crippen LogP contribution < -0.4 is 0 Å². The summed E-state index contributed by atoms with van der Waals surface area (Å²) in [5, 5.41) is 1.35. The summed E-state index contributed by atoms with van der Waals surface area (Å²) in [4.78, 5) is 29.2. The molecule has 0 aromatic heterocycles. The molecule has 1 saturated carbocycles. The monoisotopic (exact) mass is 446 g/mol. The average molecular weight is 447 g/mol. The second-order valence-corrected chi connectivity index (χ2v) is 8.93. The first-order valence-corrected chi connectivity index (χ1v) is 11.1. The van der Waals surface area contributed by atoms with Crippen LogP contribution in [0.2, 0.25) is 10.0 Å². The van der Waals surface area contributed by atoms with Gasteiger partial charge in [0.15, 0.2) is 0 Å². The lowest BCUT2D eigenvalue weighted by Gasteiger charge is -2.32. The Morgan fingerprint density at radius 2 is 1.07 bits per heavy atom. The number of benzene rings is 2. The first kappa shape index (κ1) is 22.6. The molecule has 0 radical (unpaired) electrons.